The van der Waals surface area contributed by atoms with Crippen molar-refractivity contribution in [2.45, 2.75) is 27.3 Å². The lowest BCUT2D eigenvalue weighted by Gasteiger charge is -2.10. The molecule has 0 bridgehead atoms. The predicted molar refractivity (Wildman–Crippen MR) is 79.3 cm³/mol. The van der Waals surface area contributed by atoms with Crippen LogP contribution in [0.2, 0.25) is 0 Å². The van der Waals surface area contributed by atoms with Crippen LogP contribution >= 0.6 is 0 Å². The quantitative estimate of drug-likeness (QED) is 0.879. The van der Waals surface area contributed by atoms with E-state index >= 15 is 0 Å². The number of imidazole rings is 1. The summed E-state index contributed by atoms with van der Waals surface area (Å²) in [6, 6.07) is 4.95. The highest BCUT2D eigenvalue weighted by Gasteiger charge is 2.16. The van der Waals surface area contributed by atoms with Gasteiger partial charge in [0.1, 0.15) is 17.9 Å². The van der Waals surface area contributed by atoms with E-state index in [-0.39, 0.29) is 18.0 Å². The number of nitrogens with zero attached hydrogens (tertiary/aromatic N) is 2. The Hall–Kier alpha value is -2.37. The number of aromatic nitrogens is 2. The van der Waals surface area contributed by atoms with Gasteiger partial charge in [-0.15, -0.1) is 0 Å². The summed E-state index contributed by atoms with van der Waals surface area (Å²) in [6.07, 6.45) is 0. The molecule has 1 heterocycles. The summed E-state index contributed by atoms with van der Waals surface area (Å²) in [5, 5.41) is 12.0. The fourth-order valence-electron chi connectivity index (χ4n) is 2.15. The fourth-order valence-corrected chi connectivity index (χ4v) is 2.15. The minimum atomic E-state index is -1.02. The number of amides is 1. The van der Waals surface area contributed by atoms with Gasteiger partial charge in [-0.3, -0.25) is 4.79 Å². The number of carbonyl (C=O) groups is 2. The average Bonchev–Trinajstić information content (AvgIpc) is 2.72. The number of carboxylic acid groups (broad SMARTS) is 1. The lowest BCUT2D eigenvalue weighted by atomic mass is 10.2. The van der Waals surface area contributed by atoms with Crippen LogP contribution in [0.4, 0.5) is 0 Å². The molecule has 21 heavy (non-hydrogen) atoms. The summed E-state index contributed by atoms with van der Waals surface area (Å²) in [4.78, 5) is 27.4. The van der Waals surface area contributed by atoms with Gasteiger partial charge >= 0.3 is 5.97 Å². The van der Waals surface area contributed by atoms with Crippen molar-refractivity contribution in [2.75, 3.05) is 6.54 Å². The largest absolute Gasteiger partial charge is 0.478 e. The molecule has 0 aliphatic rings. The summed E-state index contributed by atoms with van der Waals surface area (Å²) < 4.78 is 1.73. The fraction of sp³-hybridized carbons (Fsp3) is 0.400. The summed E-state index contributed by atoms with van der Waals surface area (Å²) in [7, 11) is 0. The Morgan fingerprint density at radius 2 is 2.10 bits per heavy atom. The molecule has 0 radical (unpaired) electrons. The van der Waals surface area contributed by atoms with Gasteiger partial charge in [0, 0.05) is 6.54 Å². The Bertz CT molecular complexity index is 689. The van der Waals surface area contributed by atoms with Crippen LogP contribution in [0, 0.1) is 12.8 Å². The van der Waals surface area contributed by atoms with E-state index in [2.05, 4.69) is 10.3 Å². The number of nitrogens with one attached hydrogen (secondary N) is 1. The van der Waals surface area contributed by atoms with Crippen LogP contribution < -0.4 is 5.32 Å². The molecular weight excluding hydrogens is 270 g/mol. The van der Waals surface area contributed by atoms with E-state index in [0.717, 1.165) is 0 Å². The standard InChI is InChI=1S/C15H19N3O3/c1-9(2)7-16-13(19)8-18-10(3)17-14-11(15(20)21)5-4-6-12(14)18/h4-6,9H,7-8H2,1-3H3,(H,16,19)(H,20,21). The van der Waals surface area contributed by atoms with Crippen LogP contribution in [0.1, 0.15) is 30.0 Å². The molecule has 2 aromatic rings. The van der Waals surface area contributed by atoms with Crippen molar-refractivity contribution in [3.8, 4) is 0 Å². The first-order valence-electron chi connectivity index (χ1n) is 6.86. The Kier molecular flexibility index (Phi) is 4.26. The SMILES string of the molecule is Cc1nc2c(C(=O)O)cccc2n1CC(=O)NCC(C)C. The number of hydrogen-bond acceptors (Lipinski definition) is 3. The summed E-state index contributed by atoms with van der Waals surface area (Å²) in [5.41, 5.74) is 1.23. The van der Waals surface area contributed by atoms with E-state index in [1.54, 1.807) is 23.6 Å². The highest BCUT2D eigenvalue weighted by Crippen LogP contribution is 2.20. The van der Waals surface area contributed by atoms with Crippen LogP contribution in [-0.2, 0) is 11.3 Å². The lowest BCUT2D eigenvalue weighted by Crippen LogP contribution is -2.30. The maximum Gasteiger partial charge on any atom is 0.337 e. The van der Waals surface area contributed by atoms with Gasteiger partial charge in [0.25, 0.3) is 0 Å². The smallest absolute Gasteiger partial charge is 0.337 e. The van der Waals surface area contributed by atoms with E-state index < -0.39 is 5.97 Å². The van der Waals surface area contributed by atoms with Crippen molar-refractivity contribution < 1.29 is 14.7 Å². The number of aryl methyl sites for hydroxylation is 1. The minimum Gasteiger partial charge on any atom is -0.478 e. The van der Waals surface area contributed by atoms with Crippen LogP contribution in [0.25, 0.3) is 11.0 Å². The van der Waals surface area contributed by atoms with Crippen molar-refractivity contribution in [3.63, 3.8) is 0 Å². The Morgan fingerprint density at radius 1 is 1.38 bits per heavy atom. The zero-order valence-electron chi connectivity index (χ0n) is 12.4. The van der Waals surface area contributed by atoms with Gasteiger partial charge in [-0.1, -0.05) is 19.9 Å². The molecule has 0 atom stereocenters. The molecule has 0 saturated carbocycles. The molecular formula is C15H19N3O3. The van der Waals surface area contributed by atoms with Gasteiger partial charge < -0.3 is 15.0 Å². The monoisotopic (exact) mass is 289 g/mol. The summed E-state index contributed by atoms with van der Waals surface area (Å²) >= 11 is 0. The predicted octanol–water partition coefficient (Wildman–Crippen LogP) is 1.82. The van der Waals surface area contributed by atoms with Gasteiger partial charge in [-0.25, -0.2) is 9.78 Å². The summed E-state index contributed by atoms with van der Waals surface area (Å²) in [6.45, 7) is 6.57. The topological polar surface area (TPSA) is 84.2 Å². The normalized spacial score (nSPS) is 11.0. The summed E-state index contributed by atoms with van der Waals surface area (Å²) in [5.74, 6) is -0.118. The second kappa shape index (κ2) is 5.95. The second-order valence-corrected chi connectivity index (χ2v) is 5.42. The van der Waals surface area contributed by atoms with Crippen molar-refractivity contribution in [2.24, 2.45) is 5.92 Å². The van der Waals surface area contributed by atoms with E-state index in [1.165, 1.54) is 6.07 Å². The van der Waals surface area contributed by atoms with Gasteiger partial charge in [-0.05, 0) is 25.0 Å². The highest BCUT2D eigenvalue weighted by atomic mass is 16.4. The first-order chi connectivity index (χ1) is 9.90. The molecule has 0 spiro atoms. The number of carboxylic acids is 1. The third-order valence-electron chi connectivity index (χ3n) is 3.21. The molecule has 0 unspecified atom stereocenters. The molecule has 0 fully saturated rings. The molecule has 1 amide bonds. The van der Waals surface area contributed by atoms with Crippen LogP contribution in [-0.4, -0.2) is 33.1 Å². The van der Waals surface area contributed by atoms with E-state index in [4.69, 9.17) is 0 Å². The lowest BCUT2D eigenvalue weighted by molar-refractivity contribution is -0.121. The Labute approximate surface area is 122 Å². The van der Waals surface area contributed by atoms with Crippen LogP contribution in [0.15, 0.2) is 18.2 Å². The molecule has 0 aliphatic carbocycles. The second-order valence-electron chi connectivity index (χ2n) is 5.42. The van der Waals surface area contributed by atoms with Crippen molar-refractivity contribution in [1.29, 1.82) is 0 Å². The third-order valence-corrected chi connectivity index (χ3v) is 3.21. The van der Waals surface area contributed by atoms with Crippen LogP contribution in [0.3, 0.4) is 0 Å². The molecule has 2 N–H and O–H groups in total. The number of rotatable bonds is 5. The number of aromatic carboxylic acids is 1. The Balaban J connectivity index is 2.32. The van der Waals surface area contributed by atoms with E-state index in [9.17, 15) is 14.7 Å². The molecule has 0 saturated heterocycles. The Morgan fingerprint density at radius 3 is 2.71 bits per heavy atom. The van der Waals surface area contributed by atoms with Crippen LogP contribution in [0.5, 0.6) is 0 Å². The zero-order chi connectivity index (χ0) is 15.6. The number of hydrogen-bond donors (Lipinski definition) is 2. The first-order valence-corrected chi connectivity index (χ1v) is 6.86. The van der Waals surface area contributed by atoms with Crippen molar-refractivity contribution >= 4 is 22.9 Å². The number of para-hydroxylation sites is 1. The minimum absolute atomic E-state index is 0.105. The number of carbonyl (C=O) groups excluding carboxylic acids is 1. The maximum absolute atomic E-state index is 12.0. The molecule has 6 heteroatoms. The molecule has 6 nitrogen and oxygen atoms in total. The first kappa shape index (κ1) is 15.0. The van der Waals surface area contributed by atoms with E-state index in [1.807, 2.05) is 13.8 Å². The zero-order valence-corrected chi connectivity index (χ0v) is 12.4. The molecule has 0 aliphatic heterocycles. The molecule has 1 aromatic heterocycles. The molecule has 112 valence electrons. The van der Waals surface area contributed by atoms with Gasteiger partial charge in [0.05, 0.1) is 11.1 Å². The highest BCUT2D eigenvalue weighted by molar-refractivity contribution is 6.01. The average molecular weight is 289 g/mol. The molecule has 2 rings (SSSR count). The van der Waals surface area contributed by atoms with Gasteiger partial charge in [0.2, 0.25) is 5.91 Å². The third kappa shape index (κ3) is 3.21. The van der Waals surface area contributed by atoms with Gasteiger partial charge in [-0.2, -0.15) is 0 Å². The van der Waals surface area contributed by atoms with E-state index in [0.29, 0.717) is 29.3 Å². The number of fused-ring (bicyclic) bond motifs is 1. The van der Waals surface area contributed by atoms with Crippen molar-refractivity contribution in [1.82, 2.24) is 14.9 Å². The van der Waals surface area contributed by atoms with Gasteiger partial charge in [0.15, 0.2) is 0 Å². The maximum atomic E-state index is 12.0. The van der Waals surface area contributed by atoms with Crippen molar-refractivity contribution in [3.05, 3.63) is 29.6 Å². The molecule has 1 aromatic carbocycles. The number of benzene rings is 1.